The predicted octanol–water partition coefficient (Wildman–Crippen LogP) is 2.28. The molecule has 2 aliphatic heterocycles. The molecule has 0 radical (unpaired) electrons. The highest BCUT2D eigenvalue weighted by Crippen LogP contribution is 2.22. The maximum absolute atomic E-state index is 4.79. The number of rotatable bonds is 3. The molecule has 4 nitrogen and oxygen atoms in total. The summed E-state index contributed by atoms with van der Waals surface area (Å²) >= 11 is 0. The van der Waals surface area contributed by atoms with E-state index in [2.05, 4.69) is 23.4 Å². The highest BCUT2D eigenvalue weighted by Gasteiger charge is 2.24. The third-order valence-electron chi connectivity index (χ3n) is 4.73. The first-order valence-corrected chi connectivity index (χ1v) is 7.93. The maximum atomic E-state index is 4.79. The predicted molar refractivity (Wildman–Crippen MR) is 76.1 cm³/mol. The lowest BCUT2D eigenvalue weighted by Crippen LogP contribution is -2.40. The number of hydrogen-bond donors (Lipinski definition) is 0. The minimum absolute atomic E-state index is 0.667. The maximum Gasteiger partial charge on any atom is 0.152 e. The molecule has 19 heavy (non-hydrogen) atoms. The van der Waals surface area contributed by atoms with Gasteiger partial charge in [-0.05, 0) is 38.3 Å². The van der Waals surface area contributed by atoms with Crippen LogP contribution >= 0.6 is 0 Å². The molecule has 1 aromatic heterocycles. The number of likely N-dealkylation sites (tertiary alicyclic amines) is 1. The molecule has 0 saturated carbocycles. The van der Waals surface area contributed by atoms with Gasteiger partial charge in [-0.1, -0.05) is 20.3 Å². The molecule has 1 saturated heterocycles. The largest absolute Gasteiger partial charge is 0.300 e. The molecule has 2 atom stereocenters. The Kier molecular flexibility index (Phi) is 3.87. The number of aryl methyl sites for hydroxylation is 1. The molecule has 0 bridgehead atoms. The monoisotopic (exact) mass is 262 g/mol. The van der Waals surface area contributed by atoms with E-state index in [9.17, 15) is 0 Å². The van der Waals surface area contributed by atoms with Gasteiger partial charge in [0, 0.05) is 25.4 Å². The quantitative estimate of drug-likeness (QED) is 0.838. The second-order valence-corrected chi connectivity index (χ2v) is 6.25. The summed E-state index contributed by atoms with van der Waals surface area (Å²) in [5.74, 6) is 3.06. The SMILES string of the molecule is CCN1CCCCC1Cc1nc2n(n1)CCC(C)C2. The second kappa shape index (κ2) is 5.61. The molecular weight excluding hydrogens is 236 g/mol. The Morgan fingerprint density at radius 1 is 1.21 bits per heavy atom. The number of fused-ring (bicyclic) bond motifs is 1. The molecule has 0 N–H and O–H groups in total. The first kappa shape index (κ1) is 13.1. The Morgan fingerprint density at radius 3 is 2.95 bits per heavy atom. The van der Waals surface area contributed by atoms with E-state index >= 15 is 0 Å². The summed E-state index contributed by atoms with van der Waals surface area (Å²) in [4.78, 5) is 7.39. The van der Waals surface area contributed by atoms with Gasteiger partial charge in [-0.3, -0.25) is 0 Å². The average molecular weight is 262 g/mol. The topological polar surface area (TPSA) is 34.0 Å². The zero-order valence-corrected chi connectivity index (χ0v) is 12.3. The lowest BCUT2D eigenvalue weighted by molar-refractivity contribution is 0.153. The van der Waals surface area contributed by atoms with E-state index in [1.54, 1.807) is 0 Å². The molecule has 4 heteroatoms. The van der Waals surface area contributed by atoms with Crippen LogP contribution in [0.1, 0.15) is 51.2 Å². The number of hydrogen-bond acceptors (Lipinski definition) is 3. The third kappa shape index (κ3) is 2.83. The van der Waals surface area contributed by atoms with Crippen molar-refractivity contribution in [2.45, 2.75) is 65.0 Å². The molecule has 0 aromatic carbocycles. The number of piperidine rings is 1. The fourth-order valence-electron chi connectivity index (χ4n) is 3.52. The minimum atomic E-state index is 0.667. The number of aromatic nitrogens is 3. The Labute approximate surface area is 116 Å². The van der Waals surface area contributed by atoms with E-state index in [4.69, 9.17) is 10.1 Å². The molecule has 0 aliphatic carbocycles. The second-order valence-electron chi connectivity index (χ2n) is 6.25. The Bertz CT molecular complexity index is 426. The Balaban J connectivity index is 1.69. The van der Waals surface area contributed by atoms with Gasteiger partial charge < -0.3 is 4.90 Å². The van der Waals surface area contributed by atoms with Crippen LogP contribution in [0.5, 0.6) is 0 Å². The highest BCUT2D eigenvalue weighted by atomic mass is 15.4. The smallest absolute Gasteiger partial charge is 0.152 e. The molecule has 2 aliphatic rings. The number of nitrogens with zero attached hydrogens (tertiary/aromatic N) is 4. The summed E-state index contributed by atoms with van der Waals surface area (Å²) < 4.78 is 2.15. The van der Waals surface area contributed by atoms with Crippen molar-refractivity contribution in [3.63, 3.8) is 0 Å². The van der Waals surface area contributed by atoms with Gasteiger partial charge in [-0.15, -0.1) is 0 Å². The van der Waals surface area contributed by atoms with Crippen molar-refractivity contribution < 1.29 is 0 Å². The molecule has 2 unspecified atom stereocenters. The van der Waals surface area contributed by atoms with Crippen LogP contribution in [0.25, 0.3) is 0 Å². The van der Waals surface area contributed by atoms with Crippen LogP contribution in [0, 0.1) is 5.92 Å². The fourth-order valence-corrected chi connectivity index (χ4v) is 3.52. The summed E-state index contributed by atoms with van der Waals surface area (Å²) in [7, 11) is 0. The van der Waals surface area contributed by atoms with E-state index in [1.807, 2.05) is 0 Å². The van der Waals surface area contributed by atoms with Gasteiger partial charge in [0.2, 0.25) is 0 Å². The van der Waals surface area contributed by atoms with Crippen LogP contribution in [-0.2, 0) is 19.4 Å². The van der Waals surface area contributed by atoms with Gasteiger partial charge in [0.15, 0.2) is 5.82 Å². The van der Waals surface area contributed by atoms with Crippen molar-refractivity contribution in [3.8, 4) is 0 Å². The van der Waals surface area contributed by atoms with Crippen LogP contribution in [0.4, 0.5) is 0 Å². The van der Waals surface area contributed by atoms with Crippen molar-refractivity contribution in [1.82, 2.24) is 19.7 Å². The van der Waals surface area contributed by atoms with Crippen molar-refractivity contribution in [2.75, 3.05) is 13.1 Å². The highest BCUT2D eigenvalue weighted by molar-refractivity contribution is 4.99. The van der Waals surface area contributed by atoms with Gasteiger partial charge in [0.1, 0.15) is 5.82 Å². The van der Waals surface area contributed by atoms with Crippen molar-refractivity contribution in [2.24, 2.45) is 5.92 Å². The molecule has 3 rings (SSSR count). The minimum Gasteiger partial charge on any atom is -0.300 e. The van der Waals surface area contributed by atoms with Gasteiger partial charge in [0.25, 0.3) is 0 Å². The summed E-state index contributed by atoms with van der Waals surface area (Å²) in [5, 5.41) is 4.73. The first-order chi connectivity index (χ1) is 9.26. The molecule has 106 valence electrons. The van der Waals surface area contributed by atoms with Gasteiger partial charge in [-0.2, -0.15) is 5.10 Å². The third-order valence-corrected chi connectivity index (χ3v) is 4.73. The van der Waals surface area contributed by atoms with Crippen LogP contribution in [0.3, 0.4) is 0 Å². The lowest BCUT2D eigenvalue weighted by Gasteiger charge is -2.34. The summed E-state index contributed by atoms with van der Waals surface area (Å²) in [6.45, 7) is 8.07. The van der Waals surface area contributed by atoms with Crippen LogP contribution < -0.4 is 0 Å². The Hall–Kier alpha value is -0.900. The molecule has 0 spiro atoms. The normalized spacial score (nSPS) is 28.3. The zero-order valence-electron chi connectivity index (χ0n) is 12.3. The van der Waals surface area contributed by atoms with Crippen LogP contribution in [0.15, 0.2) is 0 Å². The van der Waals surface area contributed by atoms with E-state index in [0.29, 0.717) is 6.04 Å². The average Bonchev–Trinajstić information content (AvgIpc) is 2.80. The summed E-state index contributed by atoms with van der Waals surface area (Å²) in [6.07, 6.45) is 7.44. The van der Waals surface area contributed by atoms with Gasteiger partial charge in [-0.25, -0.2) is 9.67 Å². The zero-order chi connectivity index (χ0) is 13.2. The summed E-state index contributed by atoms with van der Waals surface area (Å²) in [5.41, 5.74) is 0. The van der Waals surface area contributed by atoms with E-state index in [1.165, 1.54) is 38.1 Å². The van der Waals surface area contributed by atoms with E-state index in [-0.39, 0.29) is 0 Å². The number of likely N-dealkylation sites (N-methyl/N-ethyl adjacent to an activating group) is 1. The van der Waals surface area contributed by atoms with Gasteiger partial charge in [0.05, 0.1) is 0 Å². The van der Waals surface area contributed by atoms with E-state index in [0.717, 1.165) is 37.7 Å². The fraction of sp³-hybridized carbons (Fsp3) is 0.867. The lowest BCUT2D eigenvalue weighted by atomic mass is 9.99. The van der Waals surface area contributed by atoms with Crippen molar-refractivity contribution in [3.05, 3.63) is 11.6 Å². The van der Waals surface area contributed by atoms with Crippen molar-refractivity contribution in [1.29, 1.82) is 0 Å². The summed E-state index contributed by atoms with van der Waals surface area (Å²) in [6, 6.07) is 0.667. The standard InChI is InChI=1S/C15H26N4/c1-3-18-8-5-4-6-13(18)11-14-16-15-10-12(2)7-9-19(15)17-14/h12-13H,3-11H2,1-2H3. The van der Waals surface area contributed by atoms with Crippen LogP contribution in [0.2, 0.25) is 0 Å². The van der Waals surface area contributed by atoms with Crippen molar-refractivity contribution >= 4 is 0 Å². The molecule has 0 amide bonds. The molecular formula is C15H26N4. The molecule has 1 fully saturated rings. The first-order valence-electron chi connectivity index (χ1n) is 7.93. The molecule has 3 heterocycles. The molecule has 1 aromatic rings. The van der Waals surface area contributed by atoms with E-state index < -0.39 is 0 Å². The Morgan fingerprint density at radius 2 is 2.11 bits per heavy atom. The van der Waals surface area contributed by atoms with Gasteiger partial charge >= 0.3 is 0 Å². The van der Waals surface area contributed by atoms with Crippen LogP contribution in [-0.4, -0.2) is 38.8 Å².